The highest BCUT2D eigenvalue weighted by Gasteiger charge is 2.26. The predicted molar refractivity (Wildman–Crippen MR) is 110 cm³/mol. The maximum Gasteiger partial charge on any atom is 0.263 e. The summed E-state index contributed by atoms with van der Waals surface area (Å²) in [6.45, 7) is 16.1. The first-order valence-corrected chi connectivity index (χ1v) is 10.1. The molecule has 2 N–H and O–H groups in total. The van der Waals surface area contributed by atoms with Crippen LogP contribution < -0.4 is 10.9 Å². The fourth-order valence-electron chi connectivity index (χ4n) is 3.84. The summed E-state index contributed by atoms with van der Waals surface area (Å²) in [6.07, 6.45) is 4.12. The van der Waals surface area contributed by atoms with Gasteiger partial charge in [0.2, 0.25) is 5.95 Å². The van der Waals surface area contributed by atoms with Crippen LogP contribution in [-0.4, -0.2) is 50.3 Å². The molecule has 1 fully saturated rings. The SMILES string of the molecule is CC1CCN(C(CNc2nc3c(cnn3C(C)(C)C)c(=O)[nH]2)C(C)C)CC1. The van der Waals surface area contributed by atoms with E-state index >= 15 is 0 Å². The lowest BCUT2D eigenvalue weighted by atomic mass is 9.94. The molecule has 0 amide bonds. The molecule has 1 atom stereocenters. The summed E-state index contributed by atoms with van der Waals surface area (Å²) in [4.78, 5) is 22.6. The van der Waals surface area contributed by atoms with Crippen molar-refractivity contribution in [3.63, 3.8) is 0 Å². The summed E-state index contributed by atoms with van der Waals surface area (Å²) < 4.78 is 1.81. The van der Waals surface area contributed by atoms with E-state index in [0.29, 0.717) is 28.9 Å². The summed E-state index contributed by atoms with van der Waals surface area (Å²) in [5.41, 5.74) is 0.248. The second kappa shape index (κ2) is 7.62. The van der Waals surface area contributed by atoms with Crippen molar-refractivity contribution in [2.24, 2.45) is 11.8 Å². The van der Waals surface area contributed by atoms with Gasteiger partial charge in [-0.2, -0.15) is 10.1 Å². The Kier molecular flexibility index (Phi) is 5.60. The van der Waals surface area contributed by atoms with Gasteiger partial charge in [-0.15, -0.1) is 0 Å². The van der Waals surface area contributed by atoms with Gasteiger partial charge in [0.05, 0.1) is 11.7 Å². The van der Waals surface area contributed by atoms with Gasteiger partial charge in [-0.1, -0.05) is 20.8 Å². The molecule has 0 radical (unpaired) electrons. The van der Waals surface area contributed by atoms with E-state index in [9.17, 15) is 4.79 Å². The molecule has 2 aromatic heterocycles. The summed E-state index contributed by atoms with van der Waals surface area (Å²) in [6, 6.07) is 0.422. The second-order valence-electron chi connectivity index (χ2n) is 9.29. The van der Waals surface area contributed by atoms with Crippen LogP contribution in [0, 0.1) is 11.8 Å². The normalized spacial score (nSPS) is 18.3. The van der Waals surface area contributed by atoms with E-state index in [1.165, 1.54) is 12.8 Å². The molecule has 0 spiro atoms. The van der Waals surface area contributed by atoms with Crippen LogP contribution in [0.2, 0.25) is 0 Å². The Morgan fingerprint density at radius 3 is 2.56 bits per heavy atom. The molecule has 150 valence electrons. The average Bonchev–Trinajstić information content (AvgIpc) is 3.01. The summed E-state index contributed by atoms with van der Waals surface area (Å²) in [5.74, 6) is 1.87. The van der Waals surface area contributed by atoms with Crippen molar-refractivity contribution in [1.29, 1.82) is 0 Å². The van der Waals surface area contributed by atoms with Gasteiger partial charge in [0.25, 0.3) is 5.56 Å². The van der Waals surface area contributed by atoms with Gasteiger partial charge in [0.1, 0.15) is 5.39 Å². The Balaban J connectivity index is 1.80. The highest BCUT2D eigenvalue weighted by molar-refractivity contribution is 5.74. The molecule has 0 bridgehead atoms. The molecule has 1 aliphatic rings. The number of H-pyrrole nitrogens is 1. The van der Waals surface area contributed by atoms with Gasteiger partial charge in [-0.25, -0.2) is 4.68 Å². The number of anilines is 1. The van der Waals surface area contributed by atoms with Crippen molar-refractivity contribution >= 4 is 17.0 Å². The standard InChI is InChI=1S/C20H34N6O/c1-13(2)16(25-9-7-14(3)8-10-25)12-21-19-23-17-15(18(27)24-19)11-22-26(17)20(4,5)6/h11,13-14,16H,7-10,12H2,1-6H3,(H2,21,23,24,27). The van der Waals surface area contributed by atoms with Crippen LogP contribution in [0.3, 0.4) is 0 Å². The van der Waals surface area contributed by atoms with Crippen LogP contribution in [0.25, 0.3) is 11.0 Å². The van der Waals surface area contributed by atoms with Gasteiger partial charge in [0.15, 0.2) is 5.65 Å². The first-order valence-electron chi connectivity index (χ1n) is 10.1. The monoisotopic (exact) mass is 374 g/mol. The number of piperidine rings is 1. The molecule has 1 unspecified atom stereocenters. The van der Waals surface area contributed by atoms with E-state index < -0.39 is 0 Å². The summed E-state index contributed by atoms with van der Waals surface area (Å²) >= 11 is 0. The maximum atomic E-state index is 12.5. The highest BCUT2D eigenvalue weighted by atomic mass is 16.1. The largest absolute Gasteiger partial charge is 0.354 e. The zero-order valence-corrected chi connectivity index (χ0v) is 17.5. The van der Waals surface area contributed by atoms with E-state index in [1.54, 1.807) is 6.20 Å². The molecule has 0 aromatic carbocycles. The third kappa shape index (κ3) is 4.34. The number of rotatable bonds is 5. The molecule has 3 rings (SSSR count). The van der Waals surface area contributed by atoms with E-state index in [1.807, 2.05) is 4.68 Å². The van der Waals surface area contributed by atoms with Crippen molar-refractivity contribution < 1.29 is 0 Å². The lowest BCUT2D eigenvalue weighted by Crippen LogP contribution is -2.47. The van der Waals surface area contributed by atoms with Gasteiger partial charge in [-0.3, -0.25) is 14.7 Å². The quantitative estimate of drug-likeness (QED) is 0.841. The van der Waals surface area contributed by atoms with Gasteiger partial charge in [-0.05, 0) is 58.5 Å². The molecule has 27 heavy (non-hydrogen) atoms. The second-order valence-corrected chi connectivity index (χ2v) is 9.29. The molecular weight excluding hydrogens is 340 g/mol. The lowest BCUT2D eigenvalue weighted by Gasteiger charge is -2.38. The molecule has 1 aliphatic heterocycles. The molecule has 3 heterocycles. The molecule has 2 aromatic rings. The Bertz CT molecular complexity index is 823. The van der Waals surface area contributed by atoms with Crippen LogP contribution in [0.5, 0.6) is 0 Å². The van der Waals surface area contributed by atoms with Crippen LogP contribution in [0.4, 0.5) is 5.95 Å². The smallest absolute Gasteiger partial charge is 0.263 e. The first kappa shape index (κ1) is 19.9. The topological polar surface area (TPSA) is 78.8 Å². The lowest BCUT2D eigenvalue weighted by molar-refractivity contribution is 0.115. The molecule has 0 aliphatic carbocycles. The minimum absolute atomic E-state index is 0.147. The van der Waals surface area contributed by atoms with E-state index in [2.05, 4.69) is 66.8 Å². The Morgan fingerprint density at radius 1 is 1.30 bits per heavy atom. The number of aromatic amines is 1. The summed E-state index contributed by atoms with van der Waals surface area (Å²) in [7, 11) is 0. The van der Waals surface area contributed by atoms with Crippen molar-refractivity contribution in [3.05, 3.63) is 16.6 Å². The number of hydrogen-bond donors (Lipinski definition) is 2. The van der Waals surface area contributed by atoms with E-state index in [-0.39, 0.29) is 11.1 Å². The molecule has 7 nitrogen and oxygen atoms in total. The van der Waals surface area contributed by atoms with Crippen molar-refractivity contribution in [2.75, 3.05) is 25.0 Å². The molecule has 7 heteroatoms. The predicted octanol–water partition coefficient (Wildman–Crippen LogP) is 3.04. The van der Waals surface area contributed by atoms with Crippen molar-refractivity contribution in [3.8, 4) is 0 Å². The number of fused-ring (bicyclic) bond motifs is 1. The van der Waals surface area contributed by atoms with Crippen LogP contribution >= 0.6 is 0 Å². The molecular formula is C20H34N6O. The van der Waals surface area contributed by atoms with Gasteiger partial charge in [0, 0.05) is 12.6 Å². The first-order chi connectivity index (χ1) is 12.7. The minimum atomic E-state index is -0.231. The number of aromatic nitrogens is 4. The van der Waals surface area contributed by atoms with Crippen molar-refractivity contribution in [2.45, 2.75) is 66.0 Å². The Hall–Kier alpha value is -1.89. The summed E-state index contributed by atoms with van der Waals surface area (Å²) in [5, 5.41) is 8.29. The number of hydrogen-bond acceptors (Lipinski definition) is 5. The fourth-order valence-corrected chi connectivity index (χ4v) is 3.84. The van der Waals surface area contributed by atoms with Gasteiger partial charge < -0.3 is 5.32 Å². The zero-order valence-electron chi connectivity index (χ0n) is 17.5. The molecule has 0 saturated carbocycles. The Labute approximate surface area is 161 Å². The highest BCUT2D eigenvalue weighted by Crippen LogP contribution is 2.22. The fraction of sp³-hybridized carbons (Fsp3) is 0.750. The Morgan fingerprint density at radius 2 is 1.96 bits per heavy atom. The maximum absolute atomic E-state index is 12.5. The molecule has 1 saturated heterocycles. The average molecular weight is 375 g/mol. The van der Waals surface area contributed by atoms with E-state index in [0.717, 1.165) is 25.6 Å². The van der Waals surface area contributed by atoms with Crippen molar-refractivity contribution in [1.82, 2.24) is 24.6 Å². The zero-order chi connectivity index (χ0) is 19.8. The van der Waals surface area contributed by atoms with E-state index in [4.69, 9.17) is 0 Å². The number of likely N-dealkylation sites (tertiary alicyclic amines) is 1. The number of nitrogens with zero attached hydrogens (tertiary/aromatic N) is 4. The minimum Gasteiger partial charge on any atom is -0.354 e. The third-order valence-electron chi connectivity index (χ3n) is 5.61. The van der Waals surface area contributed by atoms with Crippen LogP contribution in [0.15, 0.2) is 11.0 Å². The van der Waals surface area contributed by atoms with Crippen LogP contribution in [-0.2, 0) is 5.54 Å². The van der Waals surface area contributed by atoms with Crippen LogP contribution in [0.1, 0.15) is 54.4 Å². The number of nitrogens with one attached hydrogen (secondary N) is 2. The van der Waals surface area contributed by atoms with Gasteiger partial charge >= 0.3 is 0 Å². The third-order valence-corrected chi connectivity index (χ3v) is 5.61.